The Morgan fingerprint density at radius 1 is 0.688 bits per heavy atom. The molecule has 0 bridgehead atoms. The highest BCUT2D eigenvalue weighted by molar-refractivity contribution is 9.10. The minimum Gasteiger partial charge on any atom is -0.412 e. The number of fused-ring (bicyclic) bond motifs is 3. The zero-order valence-electron chi connectivity index (χ0n) is 8.57. The van der Waals surface area contributed by atoms with Gasteiger partial charge in [0.1, 0.15) is 0 Å². The first kappa shape index (κ1) is 11.1. The fraction of sp³-hybridized carbons (Fsp3) is 0. The van der Waals surface area contributed by atoms with Crippen molar-refractivity contribution in [3.63, 3.8) is 0 Å². The van der Waals surface area contributed by atoms with Crippen molar-refractivity contribution in [1.82, 2.24) is 0 Å². The van der Waals surface area contributed by atoms with E-state index in [2.05, 4.69) is 70.5 Å². The molecule has 2 N–H and O–H groups in total. The summed E-state index contributed by atoms with van der Waals surface area (Å²) in [6.07, 6.45) is 0. The van der Waals surface area contributed by atoms with Gasteiger partial charge in [0, 0.05) is 4.47 Å². The van der Waals surface area contributed by atoms with E-state index in [9.17, 15) is 0 Å². The Morgan fingerprint density at radius 3 is 2.00 bits per heavy atom. The molecule has 0 aromatic heterocycles. The quantitative estimate of drug-likeness (QED) is 0.557. The second-order valence-electron chi connectivity index (χ2n) is 3.63. The molecule has 16 heavy (non-hydrogen) atoms. The summed E-state index contributed by atoms with van der Waals surface area (Å²) in [6, 6.07) is 19.1. The third-order valence-electron chi connectivity index (χ3n) is 2.72. The van der Waals surface area contributed by atoms with Crippen LogP contribution in [0.15, 0.2) is 59.1 Å². The molecular weight excluding hydrogens is 264 g/mol. The first-order valence-corrected chi connectivity index (χ1v) is 5.71. The third-order valence-corrected chi connectivity index (χ3v) is 3.37. The Hall–Kier alpha value is -1.38. The van der Waals surface area contributed by atoms with Gasteiger partial charge in [-0.15, -0.1) is 0 Å². The van der Waals surface area contributed by atoms with Gasteiger partial charge in [-0.05, 0) is 27.6 Å². The predicted molar refractivity (Wildman–Crippen MR) is 72.8 cm³/mol. The van der Waals surface area contributed by atoms with E-state index in [1.165, 1.54) is 21.5 Å². The van der Waals surface area contributed by atoms with Crippen molar-refractivity contribution in [1.29, 1.82) is 0 Å². The molecule has 0 amide bonds. The lowest BCUT2D eigenvalue weighted by Crippen LogP contribution is -1.78. The smallest absolute Gasteiger partial charge is 0.0260 e. The summed E-state index contributed by atoms with van der Waals surface area (Å²) in [5.74, 6) is 0. The average Bonchev–Trinajstić information content (AvgIpc) is 2.30. The zero-order valence-corrected chi connectivity index (χ0v) is 10.2. The molecule has 0 radical (unpaired) electrons. The van der Waals surface area contributed by atoms with Crippen LogP contribution >= 0.6 is 15.9 Å². The van der Waals surface area contributed by atoms with Gasteiger partial charge in [-0.25, -0.2) is 0 Å². The Kier molecular flexibility index (Phi) is 2.95. The van der Waals surface area contributed by atoms with Crippen molar-refractivity contribution < 1.29 is 5.48 Å². The standard InChI is InChI=1S/C14H9Br.H2O/c15-14-9-10-5-1-2-6-11(10)12-7-3-4-8-13(12)14;/h1-9H;1H2. The number of benzene rings is 3. The lowest BCUT2D eigenvalue weighted by atomic mass is 10.0. The predicted octanol–water partition coefficient (Wildman–Crippen LogP) is 3.93. The normalized spacial score (nSPS) is 10.3. The van der Waals surface area contributed by atoms with E-state index >= 15 is 0 Å². The van der Waals surface area contributed by atoms with E-state index in [-0.39, 0.29) is 5.48 Å². The maximum Gasteiger partial charge on any atom is 0.0260 e. The van der Waals surface area contributed by atoms with Crippen molar-refractivity contribution in [3.05, 3.63) is 59.1 Å². The minimum atomic E-state index is 0. The first-order chi connectivity index (χ1) is 7.36. The molecule has 3 rings (SSSR count). The fourth-order valence-electron chi connectivity index (χ4n) is 2.01. The molecule has 3 aromatic carbocycles. The number of hydrogen-bond acceptors (Lipinski definition) is 0. The van der Waals surface area contributed by atoms with Crippen LogP contribution in [0, 0.1) is 0 Å². The number of hydrogen-bond donors (Lipinski definition) is 0. The van der Waals surface area contributed by atoms with Gasteiger partial charge in [0.25, 0.3) is 0 Å². The lowest BCUT2D eigenvalue weighted by molar-refractivity contribution is 0.824. The topological polar surface area (TPSA) is 31.5 Å². The molecule has 0 unspecified atom stereocenters. The van der Waals surface area contributed by atoms with Gasteiger partial charge in [-0.2, -0.15) is 0 Å². The summed E-state index contributed by atoms with van der Waals surface area (Å²) in [4.78, 5) is 0. The maximum absolute atomic E-state index is 3.62. The number of halogens is 1. The van der Waals surface area contributed by atoms with Gasteiger partial charge < -0.3 is 5.48 Å². The molecule has 0 saturated carbocycles. The van der Waals surface area contributed by atoms with Crippen LogP contribution in [-0.4, -0.2) is 5.48 Å². The second-order valence-corrected chi connectivity index (χ2v) is 4.48. The van der Waals surface area contributed by atoms with Crippen LogP contribution in [-0.2, 0) is 0 Å². The van der Waals surface area contributed by atoms with Gasteiger partial charge in [0.05, 0.1) is 0 Å². The maximum atomic E-state index is 3.62. The van der Waals surface area contributed by atoms with Crippen molar-refractivity contribution in [2.24, 2.45) is 0 Å². The molecular formula is C14H11BrO. The van der Waals surface area contributed by atoms with Gasteiger partial charge in [-0.3, -0.25) is 0 Å². The molecule has 80 valence electrons. The molecule has 0 aliphatic heterocycles. The van der Waals surface area contributed by atoms with Crippen LogP contribution in [0.2, 0.25) is 0 Å². The Labute approximate surface area is 102 Å². The summed E-state index contributed by atoms with van der Waals surface area (Å²) < 4.78 is 1.16. The van der Waals surface area contributed by atoms with Crippen LogP contribution in [0.4, 0.5) is 0 Å². The van der Waals surface area contributed by atoms with E-state index in [0.29, 0.717) is 0 Å². The molecule has 0 spiro atoms. The molecule has 2 heteroatoms. The Morgan fingerprint density at radius 2 is 1.25 bits per heavy atom. The highest BCUT2D eigenvalue weighted by Crippen LogP contribution is 2.31. The van der Waals surface area contributed by atoms with Crippen LogP contribution in [0.5, 0.6) is 0 Å². The van der Waals surface area contributed by atoms with Crippen LogP contribution < -0.4 is 0 Å². The van der Waals surface area contributed by atoms with E-state index in [1.54, 1.807) is 0 Å². The van der Waals surface area contributed by atoms with Crippen molar-refractivity contribution in [3.8, 4) is 0 Å². The van der Waals surface area contributed by atoms with Crippen LogP contribution in [0.3, 0.4) is 0 Å². The molecule has 0 fully saturated rings. The fourth-order valence-corrected chi connectivity index (χ4v) is 2.60. The largest absolute Gasteiger partial charge is 0.412 e. The average molecular weight is 275 g/mol. The molecule has 0 saturated heterocycles. The highest BCUT2D eigenvalue weighted by atomic mass is 79.9. The zero-order chi connectivity index (χ0) is 10.3. The van der Waals surface area contributed by atoms with Gasteiger partial charge in [0.2, 0.25) is 0 Å². The van der Waals surface area contributed by atoms with E-state index in [0.717, 1.165) is 4.47 Å². The first-order valence-electron chi connectivity index (χ1n) is 4.92. The second kappa shape index (κ2) is 4.24. The van der Waals surface area contributed by atoms with Gasteiger partial charge in [-0.1, -0.05) is 64.5 Å². The summed E-state index contributed by atoms with van der Waals surface area (Å²) in [6.45, 7) is 0. The summed E-state index contributed by atoms with van der Waals surface area (Å²) in [5, 5.41) is 5.18. The lowest BCUT2D eigenvalue weighted by Gasteiger charge is -2.05. The number of rotatable bonds is 0. The van der Waals surface area contributed by atoms with Crippen molar-refractivity contribution >= 4 is 37.5 Å². The van der Waals surface area contributed by atoms with Crippen LogP contribution in [0.25, 0.3) is 21.5 Å². The van der Waals surface area contributed by atoms with Gasteiger partial charge in [0.15, 0.2) is 0 Å². The monoisotopic (exact) mass is 274 g/mol. The molecule has 0 heterocycles. The molecule has 0 aliphatic carbocycles. The molecule has 0 atom stereocenters. The summed E-state index contributed by atoms with van der Waals surface area (Å²) in [5.41, 5.74) is 0. The SMILES string of the molecule is Brc1cc2ccccc2c2ccccc12.O. The third kappa shape index (κ3) is 1.60. The molecule has 3 aromatic rings. The van der Waals surface area contributed by atoms with Crippen LogP contribution in [0.1, 0.15) is 0 Å². The highest BCUT2D eigenvalue weighted by Gasteiger charge is 2.02. The molecule has 0 aliphatic rings. The van der Waals surface area contributed by atoms with Crippen molar-refractivity contribution in [2.45, 2.75) is 0 Å². The van der Waals surface area contributed by atoms with E-state index in [1.807, 2.05) is 0 Å². The summed E-state index contributed by atoms with van der Waals surface area (Å²) >= 11 is 3.62. The van der Waals surface area contributed by atoms with E-state index < -0.39 is 0 Å². The Bertz CT molecular complexity index is 646. The minimum absolute atomic E-state index is 0. The van der Waals surface area contributed by atoms with Gasteiger partial charge >= 0.3 is 0 Å². The Balaban J connectivity index is 0.000000963. The summed E-state index contributed by atoms with van der Waals surface area (Å²) in [7, 11) is 0. The van der Waals surface area contributed by atoms with E-state index in [4.69, 9.17) is 0 Å². The molecule has 1 nitrogen and oxygen atoms in total. The van der Waals surface area contributed by atoms with Crippen molar-refractivity contribution in [2.75, 3.05) is 0 Å².